The average molecular weight is 317 g/mol. The zero-order chi connectivity index (χ0) is 16.8. The third kappa shape index (κ3) is 3.46. The van der Waals surface area contributed by atoms with E-state index in [0.29, 0.717) is 18.8 Å². The monoisotopic (exact) mass is 317 g/mol. The van der Waals surface area contributed by atoms with Gasteiger partial charge in [0.2, 0.25) is 0 Å². The summed E-state index contributed by atoms with van der Waals surface area (Å²) >= 11 is 0. The van der Waals surface area contributed by atoms with Crippen molar-refractivity contribution in [3.8, 4) is 5.75 Å². The SMILES string of the molecule is [B]c1ccc(OC2CC3(C2)CN(C(=O)OC(C)(C)C)C3)cc1F. The number of likely N-dealkylation sites (tertiary alicyclic amines) is 1. The lowest BCUT2D eigenvalue weighted by Gasteiger charge is -2.58. The Balaban J connectivity index is 1.45. The van der Waals surface area contributed by atoms with Gasteiger partial charge in [0, 0.05) is 24.6 Å². The number of hydrogen-bond acceptors (Lipinski definition) is 3. The molecule has 1 aromatic rings. The van der Waals surface area contributed by atoms with Gasteiger partial charge in [-0.1, -0.05) is 11.5 Å². The van der Waals surface area contributed by atoms with Crippen LogP contribution in [-0.2, 0) is 4.74 Å². The van der Waals surface area contributed by atoms with E-state index in [1.54, 1.807) is 11.0 Å². The molecule has 1 amide bonds. The predicted molar refractivity (Wildman–Crippen MR) is 85.7 cm³/mol. The van der Waals surface area contributed by atoms with Gasteiger partial charge in [0.05, 0.1) is 0 Å². The molecular formula is C17H21BFNO3. The lowest BCUT2D eigenvalue weighted by Crippen LogP contribution is -2.66. The van der Waals surface area contributed by atoms with Crippen molar-refractivity contribution in [1.29, 1.82) is 0 Å². The summed E-state index contributed by atoms with van der Waals surface area (Å²) in [5, 5.41) is 0. The summed E-state index contributed by atoms with van der Waals surface area (Å²) in [6.45, 7) is 6.99. The van der Waals surface area contributed by atoms with E-state index in [1.165, 1.54) is 12.1 Å². The Labute approximate surface area is 137 Å². The molecule has 122 valence electrons. The summed E-state index contributed by atoms with van der Waals surface area (Å²) in [5.41, 5.74) is -0.201. The number of carbonyl (C=O) groups excluding carboxylic acids is 1. The molecule has 1 aromatic carbocycles. The summed E-state index contributed by atoms with van der Waals surface area (Å²) in [6, 6.07) is 4.50. The smallest absolute Gasteiger partial charge is 0.410 e. The molecule has 2 fully saturated rings. The van der Waals surface area contributed by atoms with Gasteiger partial charge in [-0.2, -0.15) is 0 Å². The summed E-state index contributed by atoms with van der Waals surface area (Å²) in [6.07, 6.45) is 1.56. The van der Waals surface area contributed by atoms with Crippen LogP contribution >= 0.6 is 0 Å². The fraction of sp³-hybridized carbons (Fsp3) is 0.588. The van der Waals surface area contributed by atoms with Crippen molar-refractivity contribution in [2.75, 3.05) is 13.1 Å². The first-order valence-corrected chi connectivity index (χ1v) is 7.85. The Kier molecular flexibility index (Phi) is 3.81. The maximum Gasteiger partial charge on any atom is 0.410 e. The van der Waals surface area contributed by atoms with Gasteiger partial charge >= 0.3 is 6.09 Å². The van der Waals surface area contributed by atoms with Gasteiger partial charge < -0.3 is 14.4 Å². The molecule has 4 nitrogen and oxygen atoms in total. The maximum absolute atomic E-state index is 13.4. The van der Waals surface area contributed by atoms with Crippen molar-refractivity contribution >= 4 is 19.4 Å². The number of hydrogen-bond donors (Lipinski definition) is 0. The molecule has 1 heterocycles. The lowest BCUT2D eigenvalue weighted by atomic mass is 9.62. The van der Waals surface area contributed by atoms with Crippen LogP contribution in [0.4, 0.5) is 9.18 Å². The van der Waals surface area contributed by atoms with Gasteiger partial charge in [0.15, 0.2) is 0 Å². The van der Waals surface area contributed by atoms with Gasteiger partial charge in [0.25, 0.3) is 0 Å². The Morgan fingerprint density at radius 1 is 1.35 bits per heavy atom. The minimum atomic E-state index is -0.468. The second-order valence-electron chi connectivity index (χ2n) is 7.67. The topological polar surface area (TPSA) is 38.8 Å². The van der Waals surface area contributed by atoms with Crippen molar-refractivity contribution in [2.24, 2.45) is 5.41 Å². The molecule has 0 aromatic heterocycles. The Hall–Kier alpha value is -1.72. The molecule has 3 rings (SSSR count). The number of nitrogens with zero attached hydrogens (tertiary/aromatic N) is 1. The zero-order valence-corrected chi connectivity index (χ0v) is 13.8. The number of amides is 1. The quantitative estimate of drug-likeness (QED) is 0.786. The van der Waals surface area contributed by atoms with Crippen molar-refractivity contribution in [3.63, 3.8) is 0 Å². The van der Waals surface area contributed by atoms with Gasteiger partial charge in [-0.25, -0.2) is 9.18 Å². The fourth-order valence-electron chi connectivity index (χ4n) is 3.24. The van der Waals surface area contributed by atoms with Crippen LogP contribution in [0.3, 0.4) is 0 Å². The minimum Gasteiger partial charge on any atom is -0.490 e. The molecule has 0 N–H and O–H groups in total. The van der Waals surface area contributed by atoms with Gasteiger partial charge in [0.1, 0.15) is 31.1 Å². The molecule has 2 aliphatic rings. The Morgan fingerprint density at radius 3 is 2.57 bits per heavy atom. The molecule has 23 heavy (non-hydrogen) atoms. The molecule has 0 unspecified atom stereocenters. The Morgan fingerprint density at radius 2 is 2.00 bits per heavy atom. The maximum atomic E-state index is 13.4. The number of halogens is 1. The van der Waals surface area contributed by atoms with Gasteiger partial charge in [-0.15, -0.1) is 0 Å². The van der Waals surface area contributed by atoms with E-state index in [9.17, 15) is 9.18 Å². The minimum absolute atomic E-state index is 0.0683. The van der Waals surface area contributed by atoms with E-state index in [1.807, 2.05) is 20.8 Å². The summed E-state index contributed by atoms with van der Waals surface area (Å²) in [5.74, 6) is 0.0381. The third-order valence-corrected chi connectivity index (χ3v) is 4.30. The highest BCUT2D eigenvalue weighted by Gasteiger charge is 2.55. The second kappa shape index (κ2) is 5.43. The van der Waals surface area contributed by atoms with Crippen LogP contribution in [0.2, 0.25) is 0 Å². The van der Waals surface area contributed by atoms with Crippen LogP contribution < -0.4 is 10.2 Å². The van der Waals surface area contributed by atoms with Crippen LogP contribution in [0.15, 0.2) is 18.2 Å². The summed E-state index contributed by atoms with van der Waals surface area (Å²) in [7, 11) is 5.45. The molecule has 1 spiro atoms. The molecule has 0 atom stereocenters. The number of benzene rings is 1. The van der Waals surface area contributed by atoms with Crippen molar-refractivity contribution in [2.45, 2.75) is 45.3 Å². The largest absolute Gasteiger partial charge is 0.490 e. The van der Waals surface area contributed by atoms with Crippen LogP contribution in [0.1, 0.15) is 33.6 Å². The first-order valence-electron chi connectivity index (χ1n) is 7.85. The van der Waals surface area contributed by atoms with Crippen molar-refractivity contribution in [1.82, 2.24) is 4.90 Å². The zero-order valence-electron chi connectivity index (χ0n) is 13.8. The molecule has 6 heteroatoms. The molecule has 1 saturated heterocycles. The van der Waals surface area contributed by atoms with E-state index in [4.69, 9.17) is 17.3 Å². The molecule has 2 radical (unpaired) electrons. The van der Waals surface area contributed by atoms with Crippen LogP contribution in [0, 0.1) is 11.2 Å². The highest BCUT2D eigenvalue weighted by atomic mass is 19.1. The summed E-state index contributed by atoms with van der Waals surface area (Å²) < 4.78 is 24.5. The van der Waals surface area contributed by atoms with E-state index in [2.05, 4.69) is 0 Å². The second-order valence-corrected chi connectivity index (χ2v) is 7.67. The lowest BCUT2D eigenvalue weighted by molar-refractivity contribution is -0.116. The molecule has 1 aliphatic carbocycles. The highest BCUT2D eigenvalue weighted by molar-refractivity contribution is 6.32. The van der Waals surface area contributed by atoms with Gasteiger partial charge in [-0.05, 0) is 39.7 Å². The molecule has 1 aliphatic heterocycles. The molecular weight excluding hydrogens is 296 g/mol. The van der Waals surface area contributed by atoms with Crippen LogP contribution in [0.5, 0.6) is 5.75 Å². The fourth-order valence-corrected chi connectivity index (χ4v) is 3.24. The van der Waals surface area contributed by atoms with Crippen molar-refractivity contribution < 1.29 is 18.7 Å². The van der Waals surface area contributed by atoms with E-state index in [-0.39, 0.29) is 23.1 Å². The standard InChI is InChI=1S/C17H21BFNO3/c1-16(2,3)23-15(21)20-9-17(10-20)7-12(8-17)22-11-4-5-13(18)14(19)6-11/h4-6,12H,7-10H2,1-3H3. The van der Waals surface area contributed by atoms with Crippen molar-refractivity contribution in [3.05, 3.63) is 24.0 Å². The number of ether oxygens (including phenoxy) is 2. The van der Waals surface area contributed by atoms with Crippen LogP contribution in [-0.4, -0.2) is 43.6 Å². The predicted octanol–water partition coefficient (Wildman–Crippen LogP) is 2.40. The van der Waals surface area contributed by atoms with Gasteiger partial charge in [-0.3, -0.25) is 0 Å². The first-order chi connectivity index (χ1) is 10.7. The van der Waals surface area contributed by atoms with Crippen LogP contribution in [0.25, 0.3) is 0 Å². The van der Waals surface area contributed by atoms with E-state index >= 15 is 0 Å². The third-order valence-electron chi connectivity index (χ3n) is 4.30. The number of carbonyl (C=O) groups is 1. The highest BCUT2D eigenvalue weighted by Crippen LogP contribution is 2.49. The molecule has 1 saturated carbocycles. The van der Waals surface area contributed by atoms with E-state index in [0.717, 1.165) is 12.8 Å². The first kappa shape index (κ1) is 16.2. The molecule has 0 bridgehead atoms. The summed E-state index contributed by atoms with van der Waals surface area (Å²) in [4.78, 5) is 13.7. The van der Waals surface area contributed by atoms with E-state index < -0.39 is 11.4 Å². The number of rotatable bonds is 2. The Bertz CT molecular complexity index is 615. The average Bonchev–Trinajstić information content (AvgIpc) is 2.32. The normalized spacial score (nSPS) is 19.9.